The number of hydrogen-bond acceptors (Lipinski definition) is 2. The molecule has 0 radical (unpaired) electrons. The smallest absolute Gasteiger partial charge is 0.231 e. The quantitative estimate of drug-likeness (QED) is 0.873. The SMILES string of the molecule is CCc1cc(C(O)CC(C)C)cc2c1NC(=O)C2C. The third kappa shape index (κ3) is 2.66. The Morgan fingerprint density at radius 2 is 2.05 bits per heavy atom. The lowest BCUT2D eigenvalue weighted by molar-refractivity contribution is -0.116. The second-order valence-corrected chi connectivity index (χ2v) is 5.85. The molecule has 1 heterocycles. The minimum atomic E-state index is -0.446. The molecule has 0 bridgehead atoms. The Hall–Kier alpha value is -1.35. The maximum absolute atomic E-state index is 11.8. The molecule has 3 heteroatoms. The molecule has 19 heavy (non-hydrogen) atoms. The first-order chi connectivity index (χ1) is 8.93. The summed E-state index contributed by atoms with van der Waals surface area (Å²) >= 11 is 0. The maximum atomic E-state index is 11.8. The fourth-order valence-corrected chi connectivity index (χ4v) is 2.67. The zero-order valence-electron chi connectivity index (χ0n) is 12.2. The van der Waals surface area contributed by atoms with Gasteiger partial charge < -0.3 is 10.4 Å². The third-order valence-corrected chi connectivity index (χ3v) is 3.84. The number of anilines is 1. The predicted molar refractivity (Wildman–Crippen MR) is 77.3 cm³/mol. The van der Waals surface area contributed by atoms with Crippen LogP contribution in [0.15, 0.2) is 12.1 Å². The van der Waals surface area contributed by atoms with Gasteiger partial charge in [0.15, 0.2) is 0 Å². The lowest BCUT2D eigenvalue weighted by Gasteiger charge is -2.17. The fourth-order valence-electron chi connectivity index (χ4n) is 2.67. The van der Waals surface area contributed by atoms with Crippen molar-refractivity contribution in [3.8, 4) is 0 Å². The first kappa shape index (κ1) is 14.1. The van der Waals surface area contributed by atoms with Crippen LogP contribution in [0.3, 0.4) is 0 Å². The van der Waals surface area contributed by atoms with E-state index >= 15 is 0 Å². The van der Waals surface area contributed by atoms with Crippen molar-refractivity contribution in [2.75, 3.05) is 5.32 Å². The molecule has 2 N–H and O–H groups in total. The van der Waals surface area contributed by atoms with E-state index in [-0.39, 0.29) is 11.8 Å². The van der Waals surface area contributed by atoms with E-state index in [0.717, 1.165) is 35.2 Å². The Kier molecular flexibility index (Phi) is 3.95. The van der Waals surface area contributed by atoms with Gasteiger partial charge in [0.25, 0.3) is 0 Å². The van der Waals surface area contributed by atoms with Crippen molar-refractivity contribution >= 4 is 11.6 Å². The van der Waals surface area contributed by atoms with Crippen molar-refractivity contribution < 1.29 is 9.90 Å². The van der Waals surface area contributed by atoms with Crippen LogP contribution in [0.1, 0.15) is 62.8 Å². The van der Waals surface area contributed by atoms with E-state index in [1.165, 1.54) is 0 Å². The van der Waals surface area contributed by atoms with Crippen molar-refractivity contribution in [3.05, 3.63) is 28.8 Å². The summed E-state index contributed by atoms with van der Waals surface area (Å²) in [4.78, 5) is 11.8. The van der Waals surface area contributed by atoms with Gasteiger partial charge in [-0.25, -0.2) is 0 Å². The number of fused-ring (bicyclic) bond motifs is 1. The average molecular weight is 261 g/mol. The van der Waals surface area contributed by atoms with E-state index in [9.17, 15) is 9.90 Å². The first-order valence-corrected chi connectivity index (χ1v) is 7.09. The number of carbonyl (C=O) groups is 1. The molecule has 2 unspecified atom stereocenters. The van der Waals surface area contributed by atoms with Gasteiger partial charge in [-0.15, -0.1) is 0 Å². The largest absolute Gasteiger partial charge is 0.388 e. The molecule has 0 saturated heterocycles. The molecule has 0 aromatic heterocycles. The highest BCUT2D eigenvalue weighted by Crippen LogP contribution is 2.38. The van der Waals surface area contributed by atoms with Crippen LogP contribution in [0.25, 0.3) is 0 Å². The summed E-state index contributed by atoms with van der Waals surface area (Å²) < 4.78 is 0. The Labute approximate surface area is 115 Å². The summed E-state index contributed by atoms with van der Waals surface area (Å²) in [6.07, 6.45) is 1.16. The summed E-state index contributed by atoms with van der Waals surface area (Å²) in [5.41, 5.74) is 4.04. The molecule has 3 nitrogen and oxygen atoms in total. The van der Waals surface area contributed by atoms with Crippen molar-refractivity contribution in [3.63, 3.8) is 0 Å². The first-order valence-electron chi connectivity index (χ1n) is 7.09. The molecule has 0 saturated carbocycles. The van der Waals surface area contributed by atoms with Crippen LogP contribution in [0, 0.1) is 5.92 Å². The standard InChI is InChI=1S/C16H23NO2/c1-5-11-7-12(14(18)6-9(2)3)8-13-10(4)16(19)17-15(11)13/h7-10,14,18H,5-6H2,1-4H3,(H,17,19). The van der Waals surface area contributed by atoms with Crippen molar-refractivity contribution in [1.82, 2.24) is 0 Å². The summed E-state index contributed by atoms with van der Waals surface area (Å²) in [7, 11) is 0. The van der Waals surface area contributed by atoms with Gasteiger partial charge in [-0.2, -0.15) is 0 Å². The second-order valence-electron chi connectivity index (χ2n) is 5.85. The molecule has 1 aromatic carbocycles. The van der Waals surface area contributed by atoms with Crippen molar-refractivity contribution in [2.24, 2.45) is 5.92 Å². The Balaban J connectivity index is 2.41. The van der Waals surface area contributed by atoms with E-state index in [1.54, 1.807) is 0 Å². The van der Waals surface area contributed by atoms with Crippen LogP contribution in [-0.2, 0) is 11.2 Å². The van der Waals surface area contributed by atoms with Gasteiger partial charge in [0, 0.05) is 5.69 Å². The molecule has 0 aliphatic carbocycles. The van der Waals surface area contributed by atoms with Gasteiger partial charge in [-0.05, 0) is 42.4 Å². The van der Waals surface area contributed by atoms with E-state index in [1.807, 2.05) is 19.1 Å². The summed E-state index contributed by atoms with van der Waals surface area (Å²) in [6, 6.07) is 4.02. The topological polar surface area (TPSA) is 49.3 Å². The number of nitrogens with one attached hydrogen (secondary N) is 1. The molecular weight excluding hydrogens is 238 g/mol. The van der Waals surface area contributed by atoms with Gasteiger partial charge in [0.05, 0.1) is 12.0 Å². The van der Waals surface area contributed by atoms with Gasteiger partial charge in [0.2, 0.25) is 5.91 Å². The van der Waals surface area contributed by atoms with Crippen LogP contribution in [-0.4, -0.2) is 11.0 Å². The van der Waals surface area contributed by atoms with Crippen LogP contribution in [0.4, 0.5) is 5.69 Å². The van der Waals surface area contributed by atoms with Gasteiger partial charge in [-0.3, -0.25) is 4.79 Å². The van der Waals surface area contributed by atoms with Gasteiger partial charge >= 0.3 is 0 Å². The number of benzene rings is 1. The van der Waals surface area contributed by atoms with Crippen LogP contribution < -0.4 is 5.32 Å². The molecule has 1 amide bonds. The number of aryl methyl sites for hydroxylation is 1. The zero-order chi connectivity index (χ0) is 14.2. The number of carbonyl (C=O) groups excluding carboxylic acids is 1. The number of aliphatic hydroxyl groups excluding tert-OH is 1. The van der Waals surface area contributed by atoms with E-state index in [0.29, 0.717) is 5.92 Å². The second kappa shape index (κ2) is 5.33. The summed E-state index contributed by atoms with van der Waals surface area (Å²) in [6.45, 7) is 8.19. The number of hydrogen-bond donors (Lipinski definition) is 2. The molecule has 2 rings (SSSR count). The highest BCUT2D eigenvalue weighted by Gasteiger charge is 2.29. The lowest BCUT2D eigenvalue weighted by Crippen LogP contribution is -2.08. The summed E-state index contributed by atoms with van der Waals surface area (Å²) in [5, 5.41) is 13.2. The van der Waals surface area contributed by atoms with E-state index in [2.05, 4.69) is 26.1 Å². The van der Waals surface area contributed by atoms with Gasteiger partial charge in [0.1, 0.15) is 0 Å². The predicted octanol–water partition coefficient (Wildman–Crippen LogP) is 3.38. The Bertz CT molecular complexity index is 494. The van der Waals surface area contributed by atoms with Crippen LogP contribution >= 0.6 is 0 Å². The minimum Gasteiger partial charge on any atom is -0.388 e. The van der Waals surface area contributed by atoms with Crippen LogP contribution in [0.2, 0.25) is 0 Å². The lowest BCUT2D eigenvalue weighted by atomic mass is 9.92. The molecule has 1 aliphatic rings. The average Bonchev–Trinajstić information content (AvgIpc) is 2.64. The fraction of sp³-hybridized carbons (Fsp3) is 0.562. The number of amides is 1. The Morgan fingerprint density at radius 1 is 1.37 bits per heavy atom. The molecule has 104 valence electrons. The molecule has 2 atom stereocenters. The summed E-state index contributed by atoms with van der Waals surface area (Å²) in [5.74, 6) is 0.386. The number of aliphatic hydroxyl groups is 1. The zero-order valence-corrected chi connectivity index (χ0v) is 12.2. The normalized spacial score (nSPS) is 19.5. The minimum absolute atomic E-state index is 0.0557. The molecule has 0 spiro atoms. The third-order valence-electron chi connectivity index (χ3n) is 3.84. The number of rotatable bonds is 4. The van der Waals surface area contributed by atoms with Crippen molar-refractivity contribution in [1.29, 1.82) is 0 Å². The van der Waals surface area contributed by atoms with Crippen molar-refractivity contribution in [2.45, 2.75) is 52.6 Å². The molecule has 0 fully saturated rings. The molecule has 1 aromatic rings. The van der Waals surface area contributed by atoms with E-state index in [4.69, 9.17) is 0 Å². The van der Waals surface area contributed by atoms with E-state index < -0.39 is 6.10 Å². The van der Waals surface area contributed by atoms with Crippen LogP contribution in [0.5, 0.6) is 0 Å². The highest BCUT2D eigenvalue weighted by atomic mass is 16.3. The molecular formula is C16H23NO2. The highest BCUT2D eigenvalue weighted by molar-refractivity contribution is 6.03. The Morgan fingerprint density at radius 3 is 2.63 bits per heavy atom. The molecule has 1 aliphatic heterocycles. The monoisotopic (exact) mass is 261 g/mol. The van der Waals surface area contributed by atoms with Gasteiger partial charge in [-0.1, -0.05) is 32.9 Å². The maximum Gasteiger partial charge on any atom is 0.231 e.